The van der Waals surface area contributed by atoms with Gasteiger partial charge in [-0.25, -0.2) is 0 Å². The van der Waals surface area contributed by atoms with Gasteiger partial charge in [0, 0.05) is 6.42 Å². The first-order valence-corrected chi connectivity index (χ1v) is 25.6. The Hall–Kier alpha value is -2.95. The average molecular weight is 844 g/mol. The van der Waals surface area contributed by atoms with Gasteiger partial charge in [-0.3, -0.25) is 4.79 Å². The highest BCUT2D eigenvalue weighted by Gasteiger charge is 2.17. The van der Waals surface area contributed by atoms with Crippen molar-refractivity contribution in [2.24, 2.45) is 0 Å². The summed E-state index contributed by atoms with van der Waals surface area (Å²) >= 11 is 0. The minimum Gasteiger partial charge on any atom is -0.394 e. The molecule has 0 bridgehead atoms. The van der Waals surface area contributed by atoms with E-state index in [2.05, 4.69) is 116 Å². The quantitative estimate of drug-likeness (QED) is 0.0422. The number of aliphatic hydroxyl groups excluding tert-OH is 2. The van der Waals surface area contributed by atoms with Crippen LogP contribution in [-0.2, 0) is 4.79 Å². The first kappa shape index (κ1) is 58.1. The van der Waals surface area contributed by atoms with Crippen LogP contribution in [0.4, 0.5) is 0 Å². The number of aliphatic hydroxyl groups is 2. The van der Waals surface area contributed by atoms with Gasteiger partial charge in [-0.15, -0.1) is 0 Å². The van der Waals surface area contributed by atoms with E-state index in [9.17, 15) is 15.0 Å². The lowest BCUT2D eigenvalue weighted by Crippen LogP contribution is -2.45. The number of nitrogens with one attached hydrogen (secondary N) is 1. The molecule has 0 aliphatic rings. The fraction of sp³-hybridized carbons (Fsp3) is 0.667. The van der Waals surface area contributed by atoms with Crippen molar-refractivity contribution in [3.63, 3.8) is 0 Å². The molecular formula is C57H97NO3. The molecule has 0 aromatic carbocycles. The SMILES string of the molecule is CC/C=C\C/C=C\C/C=C\C/C=C\C/C=C\C/C=C\CCCCCCCCCCC(=O)NC(CO)C(O)/C=C/CC/C=C/CC/C=C/CCCCCCCCCCCCCC. The van der Waals surface area contributed by atoms with E-state index in [-0.39, 0.29) is 12.5 Å². The topological polar surface area (TPSA) is 69.6 Å². The lowest BCUT2D eigenvalue weighted by atomic mass is 10.0. The van der Waals surface area contributed by atoms with E-state index < -0.39 is 12.1 Å². The van der Waals surface area contributed by atoms with Crippen LogP contribution in [0.5, 0.6) is 0 Å². The van der Waals surface area contributed by atoms with E-state index in [4.69, 9.17) is 0 Å². The monoisotopic (exact) mass is 844 g/mol. The summed E-state index contributed by atoms with van der Waals surface area (Å²) in [5, 5.41) is 23.1. The molecule has 61 heavy (non-hydrogen) atoms. The molecule has 2 unspecified atom stereocenters. The lowest BCUT2D eigenvalue weighted by Gasteiger charge is -2.19. The van der Waals surface area contributed by atoms with Gasteiger partial charge in [0.1, 0.15) is 0 Å². The van der Waals surface area contributed by atoms with Gasteiger partial charge in [-0.2, -0.15) is 0 Å². The standard InChI is InChI=1S/C57H97NO3/c1-3-5-7-9-11-13-15-17-19-21-23-25-27-28-29-30-31-33-35-37-39-41-43-45-47-49-51-53-57(61)58-55(54-59)56(60)52-50-48-46-44-42-40-38-36-34-32-26-24-22-20-18-16-14-12-10-8-6-4-2/h5,7,11,13,17,19,23,25,28-29,31,33-34,36,42,44,50,52,55-56,59-60H,3-4,6,8-10,12,14-16,18,20-22,24,26-27,30,32,35,37-41,43,45-49,51,53-54H2,1-2H3,(H,58,61)/b7-5-,13-11-,19-17-,25-23-,29-28-,33-31-,36-34+,44-42+,52-50+. The van der Waals surface area contributed by atoms with Gasteiger partial charge in [0.25, 0.3) is 0 Å². The van der Waals surface area contributed by atoms with Gasteiger partial charge < -0.3 is 15.5 Å². The normalized spacial score (nSPS) is 13.8. The van der Waals surface area contributed by atoms with Crippen LogP contribution in [-0.4, -0.2) is 34.9 Å². The van der Waals surface area contributed by atoms with Gasteiger partial charge in [0.2, 0.25) is 5.91 Å². The van der Waals surface area contributed by atoms with E-state index in [1.807, 2.05) is 6.08 Å². The maximum Gasteiger partial charge on any atom is 0.220 e. The van der Waals surface area contributed by atoms with E-state index in [1.165, 1.54) is 116 Å². The van der Waals surface area contributed by atoms with E-state index in [0.717, 1.165) is 89.9 Å². The summed E-state index contributed by atoms with van der Waals surface area (Å²) in [4.78, 5) is 12.4. The molecule has 1 amide bonds. The predicted octanol–water partition coefficient (Wildman–Crippen LogP) is 16.7. The molecule has 0 saturated carbocycles. The molecule has 2 atom stereocenters. The fourth-order valence-corrected chi connectivity index (χ4v) is 7.10. The van der Waals surface area contributed by atoms with E-state index in [1.54, 1.807) is 6.08 Å². The number of amides is 1. The number of rotatable bonds is 45. The zero-order valence-corrected chi connectivity index (χ0v) is 39.9. The Labute approximate surface area is 378 Å². The van der Waals surface area contributed by atoms with Crippen molar-refractivity contribution in [1.82, 2.24) is 5.32 Å². The fourth-order valence-electron chi connectivity index (χ4n) is 7.10. The number of allylic oxidation sites excluding steroid dienone is 17. The lowest BCUT2D eigenvalue weighted by molar-refractivity contribution is -0.123. The molecule has 0 aliphatic heterocycles. The van der Waals surface area contributed by atoms with Gasteiger partial charge in [0.05, 0.1) is 18.8 Å². The minimum atomic E-state index is -0.882. The van der Waals surface area contributed by atoms with E-state index >= 15 is 0 Å². The zero-order valence-electron chi connectivity index (χ0n) is 39.9. The average Bonchev–Trinajstić information content (AvgIpc) is 3.26. The predicted molar refractivity (Wildman–Crippen MR) is 271 cm³/mol. The number of unbranched alkanes of at least 4 members (excludes halogenated alkanes) is 22. The van der Waals surface area contributed by atoms with Crippen molar-refractivity contribution in [2.75, 3.05) is 6.61 Å². The van der Waals surface area contributed by atoms with Crippen LogP contribution in [0.1, 0.15) is 226 Å². The highest BCUT2D eigenvalue weighted by atomic mass is 16.3. The summed E-state index contributed by atoms with van der Waals surface area (Å²) in [6.45, 7) is 4.17. The number of carbonyl (C=O) groups excluding carboxylic acids is 1. The number of hydrogen-bond donors (Lipinski definition) is 3. The molecule has 0 saturated heterocycles. The molecule has 3 N–H and O–H groups in total. The van der Waals surface area contributed by atoms with E-state index in [0.29, 0.717) is 6.42 Å². The Balaban J connectivity index is 3.67. The van der Waals surface area contributed by atoms with Crippen molar-refractivity contribution in [3.8, 4) is 0 Å². The molecule has 0 aromatic heterocycles. The molecule has 4 heteroatoms. The molecular weight excluding hydrogens is 747 g/mol. The maximum absolute atomic E-state index is 12.4. The maximum atomic E-state index is 12.4. The Kier molecular flexibility index (Phi) is 48.9. The van der Waals surface area contributed by atoms with Crippen LogP contribution in [0, 0.1) is 0 Å². The third-order valence-electron chi connectivity index (χ3n) is 11.0. The Morgan fingerprint density at radius 2 is 0.738 bits per heavy atom. The summed E-state index contributed by atoms with van der Waals surface area (Å²) < 4.78 is 0. The first-order chi connectivity index (χ1) is 30.2. The zero-order chi connectivity index (χ0) is 44.2. The molecule has 0 heterocycles. The Morgan fingerprint density at radius 3 is 1.15 bits per heavy atom. The molecule has 0 radical (unpaired) electrons. The molecule has 0 rings (SSSR count). The number of hydrogen-bond acceptors (Lipinski definition) is 3. The summed E-state index contributed by atoms with van der Waals surface area (Å²) in [6, 6.07) is -0.658. The van der Waals surface area contributed by atoms with Gasteiger partial charge in [0.15, 0.2) is 0 Å². The number of carbonyl (C=O) groups is 1. The third-order valence-corrected chi connectivity index (χ3v) is 11.0. The van der Waals surface area contributed by atoms with Crippen molar-refractivity contribution >= 4 is 5.91 Å². The molecule has 0 spiro atoms. The van der Waals surface area contributed by atoms with Crippen LogP contribution >= 0.6 is 0 Å². The second kappa shape index (κ2) is 51.4. The second-order valence-corrected chi connectivity index (χ2v) is 16.8. The van der Waals surface area contributed by atoms with Crippen LogP contribution in [0.3, 0.4) is 0 Å². The summed E-state index contributed by atoms with van der Waals surface area (Å²) in [7, 11) is 0. The highest BCUT2D eigenvalue weighted by Crippen LogP contribution is 2.14. The minimum absolute atomic E-state index is 0.0908. The van der Waals surface area contributed by atoms with Crippen molar-refractivity contribution in [1.29, 1.82) is 0 Å². The molecule has 0 aliphatic carbocycles. The highest BCUT2D eigenvalue weighted by molar-refractivity contribution is 5.76. The molecule has 348 valence electrons. The molecule has 4 nitrogen and oxygen atoms in total. The summed E-state index contributed by atoms with van der Waals surface area (Å²) in [6.07, 6.45) is 77.9. The molecule has 0 fully saturated rings. The molecule has 0 aromatic rings. The third kappa shape index (κ3) is 47.9. The largest absolute Gasteiger partial charge is 0.394 e. The first-order valence-electron chi connectivity index (χ1n) is 25.6. The van der Waals surface area contributed by atoms with Gasteiger partial charge in [-0.1, -0.05) is 232 Å². The Bertz CT molecular complexity index is 1180. The van der Waals surface area contributed by atoms with Crippen LogP contribution < -0.4 is 5.32 Å². The van der Waals surface area contributed by atoms with Crippen molar-refractivity contribution in [2.45, 2.75) is 238 Å². The van der Waals surface area contributed by atoms with Gasteiger partial charge in [-0.05, 0) is 96.3 Å². The van der Waals surface area contributed by atoms with Crippen molar-refractivity contribution in [3.05, 3.63) is 109 Å². The van der Waals surface area contributed by atoms with Crippen LogP contribution in [0.2, 0.25) is 0 Å². The second-order valence-electron chi connectivity index (χ2n) is 16.8. The summed E-state index contributed by atoms with van der Waals surface area (Å²) in [5.41, 5.74) is 0. The summed E-state index contributed by atoms with van der Waals surface area (Å²) in [5.74, 6) is -0.0908. The Morgan fingerprint density at radius 1 is 0.410 bits per heavy atom. The van der Waals surface area contributed by atoms with Gasteiger partial charge >= 0.3 is 0 Å². The van der Waals surface area contributed by atoms with Crippen LogP contribution in [0.25, 0.3) is 0 Å². The van der Waals surface area contributed by atoms with Crippen molar-refractivity contribution < 1.29 is 15.0 Å². The smallest absolute Gasteiger partial charge is 0.220 e. The van der Waals surface area contributed by atoms with Crippen LogP contribution in [0.15, 0.2) is 109 Å².